The van der Waals surface area contributed by atoms with Crippen molar-refractivity contribution in [1.82, 2.24) is 4.31 Å². The second kappa shape index (κ2) is 5.22. The highest BCUT2D eigenvalue weighted by Crippen LogP contribution is 2.32. The molecule has 1 fully saturated rings. The van der Waals surface area contributed by atoms with E-state index in [1.165, 1.54) is 15.8 Å². The summed E-state index contributed by atoms with van der Waals surface area (Å²) in [6.07, 6.45) is 2.63. The molecule has 0 spiro atoms. The topological polar surface area (TPSA) is 74.7 Å². The van der Waals surface area contributed by atoms with Gasteiger partial charge in [0.15, 0.2) is 0 Å². The summed E-state index contributed by atoms with van der Waals surface area (Å²) in [6, 6.07) is 1.21. The minimum absolute atomic E-state index is 0.0781. The van der Waals surface area contributed by atoms with Crippen molar-refractivity contribution >= 4 is 27.3 Å². The highest BCUT2D eigenvalue weighted by molar-refractivity contribution is 7.89. The fourth-order valence-corrected chi connectivity index (χ4v) is 5.76. The molecule has 0 bridgehead atoms. The molecule has 1 aliphatic heterocycles. The van der Waals surface area contributed by atoms with Gasteiger partial charge in [-0.15, -0.1) is 11.3 Å². The van der Waals surface area contributed by atoms with Gasteiger partial charge in [-0.2, -0.15) is 4.31 Å². The van der Waals surface area contributed by atoms with E-state index in [4.69, 9.17) is 5.11 Å². The van der Waals surface area contributed by atoms with Gasteiger partial charge in [0.05, 0.1) is 0 Å². The molecule has 2 unspecified atom stereocenters. The fraction of sp³-hybridized carbons (Fsp3) is 0.583. The maximum atomic E-state index is 12.7. The Hall–Kier alpha value is -0.920. The minimum atomic E-state index is -3.73. The number of carbonyl (C=O) groups is 1. The second-order valence-corrected chi connectivity index (χ2v) is 7.61. The van der Waals surface area contributed by atoms with Gasteiger partial charge in [0.25, 0.3) is 0 Å². The van der Waals surface area contributed by atoms with Gasteiger partial charge in [0.1, 0.15) is 9.77 Å². The molecule has 1 saturated heterocycles. The second-order valence-electron chi connectivity index (χ2n) is 4.88. The van der Waals surface area contributed by atoms with Crippen LogP contribution in [0, 0.1) is 0 Å². The van der Waals surface area contributed by atoms with E-state index in [1.807, 2.05) is 13.8 Å². The van der Waals surface area contributed by atoms with Crippen molar-refractivity contribution in [3.8, 4) is 0 Å². The summed E-state index contributed by atoms with van der Waals surface area (Å²) in [5.74, 6) is -1.19. The van der Waals surface area contributed by atoms with Crippen molar-refractivity contribution in [2.45, 2.75) is 50.1 Å². The van der Waals surface area contributed by atoms with Crippen LogP contribution in [0.4, 0.5) is 0 Å². The zero-order valence-electron chi connectivity index (χ0n) is 10.9. The Kier molecular flexibility index (Phi) is 3.98. The molecule has 1 aliphatic rings. The van der Waals surface area contributed by atoms with Gasteiger partial charge in [0, 0.05) is 12.1 Å². The first-order valence-corrected chi connectivity index (χ1v) is 8.52. The third-order valence-corrected chi connectivity index (χ3v) is 6.69. The number of hydrogen-bond acceptors (Lipinski definition) is 4. The Morgan fingerprint density at radius 2 is 1.95 bits per heavy atom. The van der Waals surface area contributed by atoms with Crippen LogP contribution in [-0.2, 0) is 10.0 Å². The van der Waals surface area contributed by atoms with E-state index in [2.05, 4.69) is 0 Å². The number of sulfonamides is 1. The van der Waals surface area contributed by atoms with E-state index in [0.717, 1.165) is 30.6 Å². The minimum Gasteiger partial charge on any atom is -0.477 e. The molecule has 5 nitrogen and oxygen atoms in total. The third-order valence-electron chi connectivity index (χ3n) is 3.49. The van der Waals surface area contributed by atoms with E-state index >= 15 is 0 Å². The quantitative estimate of drug-likeness (QED) is 0.930. The van der Waals surface area contributed by atoms with Crippen LogP contribution in [-0.4, -0.2) is 35.9 Å². The maximum Gasteiger partial charge on any atom is 0.347 e. The lowest BCUT2D eigenvalue weighted by Gasteiger charge is -2.37. The molecule has 1 aromatic rings. The molecule has 19 heavy (non-hydrogen) atoms. The third kappa shape index (κ3) is 2.54. The van der Waals surface area contributed by atoms with E-state index in [9.17, 15) is 13.2 Å². The van der Waals surface area contributed by atoms with Crippen molar-refractivity contribution < 1.29 is 18.3 Å². The van der Waals surface area contributed by atoms with Gasteiger partial charge in [-0.25, -0.2) is 13.2 Å². The van der Waals surface area contributed by atoms with Gasteiger partial charge in [-0.1, -0.05) is 6.42 Å². The first kappa shape index (κ1) is 14.5. The number of thiophene rings is 1. The molecule has 2 atom stereocenters. The summed E-state index contributed by atoms with van der Waals surface area (Å²) >= 11 is 0.946. The summed E-state index contributed by atoms with van der Waals surface area (Å²) in [5.41, 5.74) is 0. The summed E-state index contributed by atoms with van der Waals surface area (Å²) < 4.78 is 26.8. The van der Waals surface area contributed by atoms with Gasteiger partial charge < -0.3 is 5.11 Å². The fourth-order valence-electron chi connectivity index (χ4n) is 2.64. The number of carboxylic acids is 1. The van der Waals surface area contributed by atoms with Crippen molar-refractivity contribution in [3.63, 3.8) is 0 Å². The average molecular weight is 303 g/mol. The van der Waals surface area contributed by atoms with Crippen LogP contribution in [0.1, 0.15) is 42.8 Å². The molecule has 2 heterocycles. The Bertz CT molecular complexity index is 568. The SMILES string of the molecule is CC1CCCC(C)N1S(=O)(=O)c1ccsc1C(=O)O. The van der Waals surface area contributed by atoms with Crippen molar-refractivity contribution in [2.24, 2.45) is 0 Å². The number of aromatic carboxylic acids is 1. The van der Waals surface area contributed by atoms with Gasteiger partial charge in [-0.05, 0) is 38.1 Å². The van der Waals surface area contributed by atoms with Crippen LogP contribution in [0.25, 0.3) is 0 Å². The molecule has 106 valence electrons. The normalized spacial score (nSPS) is 25.4. The molecular weight excluding hydrogens is 286 g/mol. The highest BCUT2D eigenvalue weighted by atomic mass is 32.2. The predicted octanol–water partition coefficient (Wildman–Crippen LogP) is 2.40. The molecule has 0 saturated carbocycles. The molecule has 0 aromatic carbocycles. The number of hydrogen-bond donors (Lipinski definition) is 1. The Morgan fingerprint density at radius 1 is 1.37 bits per heavy atom. The van der Waals surface area contributed by atoms with Crippen LogP contribution in [0.5, 0.6) is 0 Å². The number of nitrogens with zero attached hydrogens (tertiary/aromatic N) is 1. The molecule has 0 amide bonds. The van der Waals surface area contributed by atoms with Crippen molar-refractivity contribution in [1.29, 1.82) is 0 Å². The lowest BCUT2D eigenvalue weighted by molar-refractivity contribution is 0.0698. The molecule has 7 heteroatoms. The molecule has 1 aromatic heterocycles. The first-order valence-electron chi connectivity index (χ1n) is 6.20. The van der Waals surface area contributed by atoms with Crippen LogP contribution in [0.2, 0.25) is 0 Å². The Morgan fingerprint density at radius 3 is 2.47 bits per heavy atom. The van der Waals surface area contributed by atoms with Gasteiger partial charge in [0.2, 0.25) is 10.0 Å². The van der Waals surface area contributed by atoms with Crippen LogP contribution < -0.4 is 0 Å². The lowest BCUT2D eigenvalue weighted by Crippen LogP contribution is -2.47. The Balaban J connectivity index is 2.47. The predicted molar refractivity (Wildman–Crippen MR) is 73.1 cm³/mol. The maximum absolute atomic E-state index is 12.7. The number of carboxylic acid groups (broad SMARTS) is 1. The smallest absolute Gasteiger partial charge is 0.347 e. The van der Waals surface area contributed by atoms with E-state index in [1.54, 1.807) is 0 Å². The largest absolute Gasteiger partial charge is 0.477 e. The molecular formula is C12H17NO4S2. The van der Waals surface area contributed by atoms with Crippen molar-refractivity contribution in [2.75, 3.05) is 0 Å². The van der Waals surface area contributed by atoms with Crippen molar-refractivity contribution in [3.05, 3.63) is 16.3 Å². The summed E-state index contributed by atoms with van der Waals surface area (Å²) in [6.45, 7) is 3.75. The highest BCUT2D eigenvalue weighted by Gasteiger charge is 2.38. The zero-order valence-corrected chi connectivity index (χ0v) is 12.5. The summed E-state index contributed by atoms with van der Waals surface area (Å²) in [4.78, 5) is 10.9. The Labute approximate surface area is 116 Å². The monoisotopic (exact) mass is 303 g/mol. The molecule has 0 radical (unpaired) electrons. The lowest BCUT2D eigenvalue weighted by atomic mass is 10.0. The summed E-state index contributed by atoms with van der Waals surface area (Å²) in [7, 11) is -3.73. The van der Waals surface area contributed by atoms with Crippen LogP contribution in [0.3, 0.4) is 0 Å². The number of rotatable bonds is 3. The standard InChI is InChI=1S/C12H17NO4S2/c1-8-4-3-5-9(2)13(8)19(16,17)10-6-7-18-11(10)12(14)15/h6-9H,3-5H2,1-2H3,(H,14,15). The van der Waals surface area contributed by atoms with Crippen LogP contribution in [0.15, 0.2) is 16.3 Å². The summed E-state index contributed by atoms with van der Waals surface area (Å²) in [5, 5.41) is 10.6. The first-order chi connectivity index (χ1) is 8.85. The van der Waals surface area contributed by atoms with Gasteiger partial charge >= 0.3 is 5.97 Å². The van der Waals surface area contributed by atoms with E-state index < -0.39 is 16.0 Å². The van der Waals surface area contributed by atoms with E-state index in [0.29, 0.717) is 0 Å². The zero-order chi connectivity index (χ0) is 14.2. The average Bonchev–Trinajstić information content (AvgIpc) is 2.77. The van der Waals surface area contributed by atoms with Crippen LogP contribution >= 0.6 is 11.3 Å². The molecule has 0 aliphatic carbocycles. The number of piperidine rings is 1. The van der Waals surface area contributed by atoms with Gasteiger partial charge in [-0.3, -0.25) is 0 Å². The molecule has 1 N–H and O–H groups in total. The molecule has 2 rings (SSSR count). The van der Waals surface area contributed by atoms with E-state index in [-0.39, 0.29) is 21.9 Å².